The predicted molar refractivity (Wildman–Crippen MR) is 133 cm³/mol. The van der Waals surface area contributed by atoms with Gasteiger partial charge in [-0.1, -0.05) is 12.1 Å². The average molecular weight is 477 g/mol. The van der Waals surface area contributed by atoms with Crippen LogP contribution in [-0.4, -0.2) is 62.8 Å². The molecule has 2 aromatic carbocycles. The summed E-state index contributed by atoms with van der Waals surface area (Å²) < 4.78 is 9.47. The Morgan fingerprint density at radius 2 is 1.60 bits per heavy atom. The first-order valence-electron chi connectivity index (χ1n) is 11.7. The van der Waals surface area contributed by atoms with E-state index in [0.717, 1.165) is 21.6 Å². The normalized spacial score (nSPS) is 14.3. The van der Waals surface area contributed by atoms with Crippen molar-refractivity contribution in [3.05, 3.63) is 69.2 Å². The molecule has 4 aromatic rings. The second kappa shape index (κ2) is 8.94. The number of rotatable bonds is 5. The van der Waals surface area contributed by atoms with E-state index >= 15 is 0 Å². The van der Waals surface area contributed by atoms with Crippen molar-refractivity contribution in [2.24, 2.45) is 0 Å². The minimum atomic E-state index is -0.806. The standard InChI is InChI=1S/C25H28N6O4/c1-17(2)30-20-6-4-5-7-21(20)31-24(34)23(33)29(26-25(30)31)16-22(32)28-14-12-27(13-15-28)18-8-10-19(35-3)11-9-18/h4-11,17H,12-16H2,1-3H3. The molecule has 0 aliphatic carbocycles. The number of amides is 1. The van der Waals surface area contributed by atoms with Crippen LogP contribution in [0.4, 0.5) is 5.69 Å². The summed E-state index contributed by atoms with van der Waals surface area (Å²) in [5, 5.41) is 4.47. The first kappa shape index (κ1) is 22.7. The maximum Gasteiger partial charge on any atom is 0.333 e. The van der Waals surface area contributed by atoms with Gasteiger partial charge < -0.3 is 19.1 Å². The quantitative estimate of drug-likeness (QED) is 0.408. The number of nitrogens with zero attached hydrogens (tertiary/aromatic N) is 6. The van der Waals surface area contributed by atoms with E-state index in [0.29, 0.717) is 37.5 Å². The summed E-state index contributed by atoms with van der Waals surface area (Å²) >= 11 is 0. The van der Waals surface area contributed by atoms with Crippen molar-refractivity contribution < 1.29 is 9.53 Å². The van der Waals surface area contributed by atoms with Gasteiger partial charge in [-0.15, -0.1) is 5.10 Å². The van der Waals surface area contributed by atoms with Crippen molar-refractivity contribution in [1.82, 2.24) is 23.6 Å². The summed E-state index contributed by atoms with van der Waals surface area (Å²) in [4.78, 5) is 42.9. The van der Waals surface area contributed by atoms with Crippen LogP contribution in [0.2, 0.25) is 0 Å². The monoisotopic (exact) mass is 476 g/mol. The molecule has 0 bridgehead atoms. The fourth-order valence-corrected chi connectivity index (χ4v) is 4.68. The molecule has 10 heteroatoms. The molecule has 10 nitrogen and oxygen atoms in total. The van der Waals surface area contributed by atoms with Gasteiger partial charge in [-0.05, 0) is 50.2 Å². The highest BCUT2D eigenvalue weighted by molar-refractivity contribution is 5.81. The van der Waals surface area contributed by atoms with Gasteiger partial charge in [0.15, 0.2) is 0 Å². The molecule has 0 atom stereocenters. The van der Waals surface area contributed by atoms with Crippen LogP contribution in [-0.2, 0) is 11.3 Å². The van der Waals surface area contributed by atoms with Gasteiger partial charge >= 0.3 is 11.1 Å². The van der Waals surface area contributed by atoms with E-state index in [4.69, 9.17) is 4.74 Å². The predicted octanol–water partition coefficient (Wildman–Crippen LogP) is 1.75. The summed E-state index contributed by atoms with van der Waals surface area (Å²) in [6.45, 7) is 6.09. The Hall–Kier alpha value is -4.08. The van der Waals surface area contributed by atoms with Crippen molar-refractivity contribution in [2.45, 2.75) is 26.4 Å². The lowest BCUT2D eigenvalue weighted by molar-refractivity contribution is -0.132. The molecule has 2 aromatic heterocycles. The molecule has 1 saturated heterocycles. The summed E-state index contributed by atoms with van der Waals surface area (Å²) in [7, 11) is 1.63. The van der Waals surface area contributed by atoms with E-state index < -0.39 is 11.1 Å². The Kier molecular flexibility index (Phi) is 5.80. The molecule has 1 fully saturated rings. The number of carbonyl (C=O) groups excluding carboxylic acids is 1. The number of fused-ring (bicyclic) bond motifs is 3. The molecular weight excluding hydrogens is 448 g/mol. The molecule has 0 spiro atoms. The van der Waals surface area contributed by atoms with Crippen molar-refractivity contribution in [3.63, 3.8) is 0 Å². The highest BCUT2D eigenvalue weighted by Gasteiger charge is 2.24. The molecule has 0 radical (unpaired) electrons. The van der Waals surface area contributed by atoms with Gasteiger partial charge in [-0.25, -0.2) is 9.08 Å². The van der Waals surface area contributed by atoms with Crippen LogP contribution in [0.1, 0.15) is 19.9 Å². The minimum Gasteiger partial charge on any atom is -0.497 e. The maximum atomic E-state index is 13.1. The van der Waals surface area contributed by atoms with Gasteiger partial charge in [0.05, 0.1) is 18.1 Å². The lowest BCUT2D eigenvalue weighted by Gasteiger charge is -2.36. The summed E-state index contributed by atoms with van der Waals surface area (Å²) in [6.07, 6.45) is 0. The molecule has 0 unspecified atom stereocenters. The smallest absolute Gasteiger partial charge is 0.333 e. The van der Waals surface area contributed by atoms with E-state index in [1.165, 1.54) is 4.40 Å². The van der Waals surface area contributed by atoms with Gasteiger partial charge in [0, 0.05) is 37.9 Å². The Labute approximate surface area is 201 Å². The van der Waals surface area contributed by atoms with E-state index in [1.807, 2.05) is 60.9 Å². The van der Waals surface area contributed by atoms with Gasteiger partial charge in [0.25, 0.3) is 0 Å². The number of benzene rings is 2. The second-order valence-electron chi connectivity index (χ2n) is 8.92. The van der Waals surface area contributed by atoms with E-state index in [9.17, 15) is 14.4 Å². The van der Waals surface area contributed by atoms with Crippen LogP contribution in [0.15, 0.2) is 58.1 Å². The molecular formula is C25H28N6O4. The highest BCUT2D eigenvalue weighted by Crippen LogP contribution is 2.22. The number of piperazine rings is 1. The van der Waals surface area contributed by atoms with E-state index in [1.54, 1.807) is 18.1 Å². The van der Waals surface area contributed by atoms with Crippen LogP contribution in [0.5, 0.6) is 5.75 Å². The number of para-hydroxylation sites is 2. The van der Waals surface area contributed by atoms with Crippen molar-refractivity contribution in [2.75, 3.05) is 38.2 Å². The summed E-state index contributed by atoms with van der Waals surface area (Å²) in [5.41, 5.74) is 0.988. The van der Waals surface area contributed by atoms with Gasteiger partial charge in [-0.3, -0.25) is 14.4 Å². The number of methoxy groups -OCH3 is 1. The fraction of sp³-hybridized carbons (Fsp3) is 0.360. The largest absolute Gasteiger partial charge is 0.497 e. The van der Waals surface area contributed by atoms with Crippen molar-refractivity contribution in [1.29, 1.82) is 0 Å². The topological polar surface area (TPSA) is 94.1 Å². The van der Waals surface area contributed by atoms with Crippen LogP contribution in [0, 0.1) is 0 Å². The first-order chi connectivity index (χ1) is 16.9. The molecule has 5 rings (SSSR count). The molecule has 35 heavy (non-hydrogen) atoms. The molecule has 3 heterocycles. The Bertz CT molecular complexity index is 1510. The van der Waals surface area contributed by atoms with Gasteiger partial charge in [0.2, 0.25) is 11.7 Å². The van der Waals surface area contributed by atoms with E-state index in [2.05, 4.69) is 10.00 Å². The third-order valence-electron chi connectivity index (χ3n) is 6.50. The number of anilines is 1. The molecule has 1 aliphatic rings. The number of imidazole rings is 1. The lowest BCUT2D eigenvalue weighted by atomic mass is 10.2. The average Bonchev–Trinajstić information content (AvgIpc) is 3.21. The fourth-order valence-electron chi connectivity index (χ4n) is 4.68. The highest BCUT2D eigenvalue weighted by atomic mass is 16.5. The number of hydrogen-bond acceptors (Lipinski definition) is 6. The van der Waals surface area contributed by atoms with Gasteiger partial charge in [0.1, 0.15) is 12.3 Å². The third kappa shape index (κ3) is 3.94. The number of carbonyl (C=O) groups is 1. The van der Waals surface area contributed by atoms with Crippen LogP contribution in [0.25, 0.3) is 16.8 Å². The Balaban J connectivity index is 1.39. The third-order valence-corrected chi connectivity index (χ3v) is 6.50. The lowest BCUT2D eigenvalue weighted by Crippen LogP contribution is -2.51. The zero-order chi connectivity index (χ0) is 24.7. The number of aromatic nitrogens is 4. The van der Waals surface area contributed by atoms with Crippen LogP contribution in [0.3, 0.4) is 0 Å². The minimum absolute atomic E-state index is 0.00415. The molecule has 182 valence electrons. The Morgan fingerprint density at radius 1 is 0.943 bits per heavy atom. The summed E-state index contributed by atoms with van der Waals surface area (Å²) in [6, 6.07) is 15.2. The second-order valence-corrected chi connectivity index (χ2v) is 8.92. The molecule has 1 aliphatic heterocycles. The van der Waals surface area contributed by atoms with Crippen molar-refractivity contribution in [3.8, 4) is 5.75 Å². The first-order valence-corrected chi connectivity index (χ1v) is 11.7. The maximum absolute atomic E-state index is 13.1. The summed E-state index contributed by atoms with van der Waals surface area (Å²) in [5.74, 6) is 0.915. The van der Waals surface area contributed by atoms with E-state index in [-0.39, 0.29) is 18.5 Å². The number of hydrogen-bond donors (Lipinski definition) is 0. The molecule has 0 N–H and O–H groups in total. The molecule has 1 amide bonds. The number of ether oxygens (including phenoxy) is 1. The van der Waals surface area contributed by atoms with Crippen LogP contribution < -0.4 is 20.8 Å². The van der Waals surface area contributed by atoms with Crippen molar-refractivity contribution >= 4 is 28.4 Å². The zero-order valence-corrected chi connectivity index (χ0v) is 20.0. The zero-order valence-electron chi connectivity index (χ0n) is 20.0. The Morgan fingerprint density at radius 3 is 2.23 bits per heavy atom. The SMILES string of the molecule is COc1ccc(N2CCN(C(=O)Cn3nc4n(C(C)C)c5ccccc5n4c(=O)c3=O)CC2)cc1. The molecule has 0 saturated carbocycles. The van der Waals surface area contributed by atoms with Gasteiger partial charge in [-0.2, -0.15) is 0 Å². The van der Waals surface area contributed by atoms with Crippen LogP contribution >= 0.6 is 0 Å².